The maximum atomic E-state index is 12.9. The van der Waals surface area contributed by atoms with Crippen LogP contribution in [0.1, 0.15) is 83.0 Å². The second-order valence-electron chi connectivity index (χ2n) is 10.4. The molecule has 0 unspecified atom stereocenters. The van der Waals surface area contributed by atoms with Crippen LogP contribution in [0.2, 0.25) is 0 Å². The van der Waals surface area contributed by atoms with Crippen molar-refractivity contribution in [3.63, 3.8) is 0 Å². The van der Waals surface area contributed by atoms with Crippen LogP contribution in [0, 0.1) is 22.0 Å². The molecule has 0 aromatic heterocycles. The molecular weight excluding hydrogens is 463 g/mol. The Labute approximate surface area is 205 Å². The Morgan fingerprint density at radius 2 is 1.71 bits per heavy atom. The van der Waals surface area contributed by atoms with Crippen molar-refractivity contribution in [2.45, 2.75) is 84.4 Å². The molecule has 0 bridgehead atoms. The van der Waals surface area contributed by atoms with E-state index in [4.69, 9.17) is 0 Å². The lowest BCUT2D eigenvalue weighted by Gasteiger charge is -2.35. The van der Waals surface area contributed by atoms with Gasteiger partial charge in [0.15, 0.2) is 5.78 Å². The second-order valence-corrected chi connectivity index (χ2v) is 10.4. The Balaban J connectivity index is 0.000000527. The van der Waals surface area contributed by atoms with E-state index in [1.54, 1.807) is 4.90 Å². The predicted octanol–water partition coefficient (Wildman–Crippen LogP) is 6.35. The van der Waals surface area contributed by atoms with Gasteiger partial charge in [-0.1, -0.05) is 39.0 Å². The lowest BCUT2D eigenvalue weighted by Crippen LogP contribution is -2.39. The van der Waals surface area contributed by atoms with Gasteiger partial charge in [0.2, 0.25) is 0 Å². The van der Waals surface area contributed by atoms with Crippen LogP contribution in [0.3, 0.4) is 0 Å². The van der Waals surface area contributed by atoms with Gasteiger partial charge in [-0.05, 0) is 45.6 Å². The quantitative estimate of drug-likeness (QED) is 0.268. The van der Waals surface area contributed by atoms with Crippen LogP contribution in [0.4, 0.5) is 30.2 Å². The average molecular weight is 502 g/mol. The van der Waals surface area contributed by atoms with Crippen molar-refractivity contribution in [1.82, 2.24) is 0 Å². The van der Waals surface area contributed by atoms with E-state index in [9.17, 15) is 33.2 Å². The molecule has 10 heteroatoms. The number of ketones is 1. The third kappa shape index (κ3) is 8.98. The molecule has 1 aromatic carbocycles. The van der Waals surface area contributed by atoms with E-state index in [0.29, 0.717) is 5.69 Å². The molecule has 1 heterocycles. The van der Waals surface area contributed by atoms with Gasteiger partial charge in [0.05, 0.1) is 22.1 Å². The molecule has 1 aliphatic heterocycles. The fourth-order valence-corrected chi connectivity index (χ4v) is 4.48. The molecule has 0 radical (unpaired) electrons. The Bertz CT molecular complexity index is 870. The number of anilines is 2. The number of nitro groups is 1. The summed E-state index contributed by atoms with van der Waals surface area (Å²) in [5.74, 6) is -0.769. The third-order valence-corrected chi connectivity index (χ3v) is 6.59. The molecule has 2 aliphatic rings. The van der Waals surface area contributed by atoms with E-state index in [1.165, 1.54) is 58.9 Å². The molecule has 1 aromatic rings. The number of carbonyl (C=O) groups is 1. The average Bonchev–Trinajstić information content (AvgIpc) is 2.77. The van der Waals surface area contributed by atoms with Crippen molar-refractivity contribution in [3.8, 4) is 0 Å². The standard InChI is InChI=1S/C18H24F3N3O4.C7H14/c1-11(25)13-8-16(24(27)28)14(22-10-17(2,3)26)9-15(13)23-6-4-12(5-7-23)18(19,20)21;1-7-5-3-2-4-6-7/h8-9,12,22,26H,4-7,10H2,1-3H3;7H,2-6H2,1H3. The van der Waals surface area contributed by atoms with Crippen molar-refractivity contribution >= 4 is 22.8 Å². The maximum Gasteiger partial charge on any atom is 0.391 e. The number of nitro benzene ring substituents is 1. The second kappa shape index (κ2) is 12.1. The summed E-state index contributed by atoms with van der Waals surface area (Å²) in [6, 6.07) is 2.55. The smallest absolute Gasteiger partial charge is 0.389 e. The fourth-order valence-electron chi connectivity index (χ4n) is 4.48. The minimum Gasteiger partial charge on any atom is -0.389 e. The highest BCUT2D eigenvalue weighted by Gasteiger charge is 2.41. The summed E-state index contributed by atoms with van der Waals surface area (Å²) in [6.45, 7) is 6.87. The van der Waals surface area contributed by atoms with E-state index in [1.807, 2.05) is 0 Å². The summed E-state index contributed by atoms with van der Waals surface area (Å²) in [5, 5.41) is 24.1. The molecule has 2 fully saturated rings. The lowest BCUT2D eigenvalue weighted by atomic mass is 9.91. The molecule has 0 atom stereocenters. The summed E-state index contributed by atoms with van der Waals surface area (Å²) in [5.41, 5.74) is -0.922. The zero-order chi connectivity index (χ0) is 26.4. The normalized spacial score (nSPS) is 18.0. The molecule has 198 valence electrons. The SMILES string of the molecule is CC(=O)c1cc([N+](=O)[O-])c(NCC(C)(C)O)cc1N1CCC(C(F)(F)F)CC1.CC1CCCCC1. The van der Waals surface area contributed by atoms with Gasteiger partial charge in [0.25, 0.3) is 5.69 Å². The van der Waals surface area contributed by atoms with Gasteiger partial charge in [0.1, 0.15) is 5.69 Å². The zero-order valence-electron chi connectivity index (χ0n) is 21.1. The first-order valence-corrected chi connectivity index (χ1v) is 12.3. The third-order valence-electron chi connectivity index (χ3n) is 6.59. The fraction of sp³-hybridized carbons (Fsp3) is 0.720. The molecule has 0 spiro atoms. The van der Waals surface area contributed by atoms with Crippen LogP contribution in [-0.2, 0) is 0 Å². The highest BCUT2D eigenvalue weighted by atomic mass is 19.4. The van der Waals surface area contributed by atoms with Crippen LogP contribution < -0.4 is 10.2 Å². The molecule has 1 aliphatic carbocycles. The van der Waals surface area contributed by atoms with Crippen molar-refractivity contribution in [1.29, 1.82) is 0 Å². The molecule has 1 saturated carbocycles. The predicted molar refractivity (Wildman–Crippen MR) is 131 cm³/mol. The highest BCUT2D eigenvalue weighted by Crippen LogP contribution is 2.39. The van der Waals surface area contributed by atoms with Crippen LogP contribution in [-0.4, -0.2) is 47.2 Å². The Morgan fingerprint density at radius 3 is 2.11 bits per heavy atom. The minimum absolute atomic E-state index is 0.0167. The number of hydrogen-bond donors (Lipinski definition) is 2. The van der Waals surface area contributed by atoms with E-state index >= 15 is 0 Å². The number of carbonyl (C=O) groups excluding carboxylic acids is 1. The number of alkyl halides is 3. The first kappa shape index (κ1) is 28.9. The van der Waals surface area contributed by atoms with Gasteiger partial charge in [-0.2, -0.15) is 13.2 Å². The molecule has 3 rings (SSSR count). The number of benzene rings is 1. The summed E-state index contributed by atoms with van der Waals surface area (Å²) in [7, 11) is 0. The minimum atomic E-state index is -4.26. The van der Waals surface area contributed by atoms with Gasteiger partial charge in [-0.25, -0.2) is 0 Å². The molecule has 35 heavy (non-hydrogen) atoms. The summed E-state index contributed by atoms with van der Waals surface area (Å²) < 4.78 is 38.7. The Kier molecular flexibility index (Phi) is 9.94. The molecule has 0 amide bonds. The number of rotatable bonds is 6. The topological polar surface area (TPSA) is 95.7 Å². The molecule has 2 N–H and O–H groups in total. The van der Waals surface area contributed by atoms with E-state index < -0.39 is 28.4 Å². The van der Waals surface area contributed by atoms with Gasteiger partial charge in [-0.15, -0.1) is 0 Å². The number of aliphatic hydroxyl groups is 1. The molecule has 7 nitrogen and oxygen atoms in total. The summed E-state index contributed by atoms with van der Waals surface area (Å²) in [6.07, 6.45) is 2.96. The Hall–Kier alpha value is -2.36. The monoisotopic (exact) mass is 501 g/mol. The van der Waals surface area contributed by atoms with Crippen molar-refractivity contribution < 1.29 is 28.0 Å². The number of halogens is 3. The van der Waals surface area contributed by atoms with Crippen LogP contribution in [0.5, 0.6) is 0 Å². The maximum absolute atomic E-state index is 12.9. The molecule has 1 saturated heterocycles. The number of piperidine rings is 1. The first-order valence-electron chi connectivity index (χ1n) is 12.3. The zero-order valence-corrected chi connectivity index (χ0v) is 21.1. The van der Waals surface area contributed by atoms with E-state index in [2.05, 4.69) is 12.2 Å². The van der Waals surface area contributed by atoms with Crippen LogP contribution in [0.25, 0.3) is 0 Å². The van der Waals surface area contributed by atoms with Gasteiger partial charge in [0, 0.05) is 31.3 Å². The molecular formula is C25H38F3N3O4. The summed E-state index contributed by atoms with van der Waals surface area (Å²) in [4.78, 5) is 24.5. The van der Waals surface area contributed by atoms with Gasteiger partial charge < -0.3 is 15.3 Å². The lowest BCUT2D eigenvalue weighted by molar-refractivity contribution is -0.384. The largest absolute Gasteiger partial charge is 0.391 e. The van der Waals surface area contributed by atoms with Crippen LogP contribution in [0.15, 0.2) is 12.1 Å². The Morgan fingerprint density at radius 1 is 1.14 bits per heavy atom. The highest BCUT2D eigenvalue weighted by molar-refractivity contribution is 6.01. The van der Waals surface area contributed by atoms with Crippen molar-refractivity contribution in [2.24, 2.45) is 11.8 Å². The number of nitrogens with one attached hydrogen (secondary N) is 1. The number of nitrogens with zero attached hydrogens (tertiary/aromatic N) is 2. The number of Topliss-reactive ketones (excluding diaryl/α,β-unsaturated/α-hetero) is 1. The van der Waals surface area contributed by atoms with E-state index in [-0.39, 0.29) is 49.4 Å². The van der Waals surface area contributed by atoms with Crippen molar-refractivity contribution in [3.05, 3.63) is 27.8 Å². The van der Waals surface area contributed by atoms with Gasteiger partial charge >= 0.3 is 6.18 Å². The number of hydrogen-bond acceptors (Lipinski definition) is 6. The van der Waals surface area contributed by atoms with Gasteiger partial charge in [-0.3, -0.25) is 14.9 Å². The van der Waals surface area contributed by atoms with E-state index in [0.717, 1.165) is 12.0 Å². The van der Waals surface area contributed by atoms with Crippen LogP contribution >= 0.6 is 0 Å². The first-order chi connectivity index (χ1) is 16.2. The van der Waals surface area contributed by atoms with Crippen molar-refractivity contribution in [2.75, 3.05) is 29.9 Å². The summed E-state index contributed by atoms with van der Waals surface area (Å²) >= 11 is 0.